The highest BCUT2D eigenvalue weighted by atomic mass is 127. The quantitative estimate of drug-likeness (QED) is 0.505. The summed E-state index contributed by atoms with van der Waals surface area (Å²) in [7, 11) is 0. The Hall–Kier alpha value is 0.280. The van der Waals surface area contributed by atoms with Gasteiger partial charge in [0.25, 0.3) is 0 Å². The summed E-state index contributed by atoms with van der Waals surface area (Å²) in [5, 5.41) is 2.50. The van der Waals surface area contributed by atoms with E-state index in [2.05, 4.69) is 48.5 Å². The Bertz CT molecular complexity index is 492. The molecule has 0 aliphatic rings. The fourth-order valence-corrected chi connectivity index (χ4v) is 3.02. The van der Waals surface area contributed by atoms with Gasteiger partial charge in [-0.15, -0.1) is 11.3 Å². The normalized spacial score (nSPS) is 10.7. The Balaban J connectivity index is 2.60. The van der Waals surface area contributed by atoms with Gasteiger partial charge in [0, 0.05) is 4.47 Å². The molecule has 0 saturated carbocycles. The molecule has 15 heavy (non-hydrogen) atoms. The van der Waals surface area contributed by atoms with Crippen LogP contribution in [0.2, 0.25) is 5.15 Å². The van der Waals surface area contributed by atoms with E-state index in [1.165, 1.54) is 0 Å². The molecule has 2 nitrogen and oxygen atoms in total. The molecular formula is C9H5BrClIN2S. The van der Waals surface area contributed by atoms with E-state index >= 15 is 0 Å². The summed E-state index contributed by atoms with van der Waals surface area (Å²) < 4.78 is 1.91. The molecule has 0 aromatic carbocycles. The smallest absolute Gasteiger partial charge is 0.172 e. The number of rotatable bonds is 1. The van der Waals surface area contributed by atoms with Gasteiger partial charge < -0.3 is 0 Å². The number of nitrogens with zero attached hydrogens (tertiary/aromatic N) is 2. The first-order valence-corrected chi connectivity index (χ1v) is 7.15. The van der Waals surface area contributed by atoms with Crippen molar-refractivity contribution in [3.05, 3.63) is 30.3 Å². The lowest BCUT2D eigenvalue weighted by Crippen LogP contribution is -1.95. The van der Waals surface area contributed by atoms with Crippen molar-refractivity contribution in [1.29, 1.82) is 0 Å². The number of hydrogen-bond donors (Lipinski definition) is 0. The molecule has 0 radical (unpaired) electrons. The second kappa shape index (κ2) is 4.65. The first-order valence-electron chi connectivity index (χ1n) is 4.02. The van der Waals surface area contributed by atoms with E-state index in [9.17, 15) is 0 Å². The Kier molecular flexibility index (Phi) is 3.64. The third kappa shape index (κ3) is 2.35. The van der Waals surface area contributed by atoms with E-state index in [0.717, 1.165) is 18.6 Å². The maximum absolute atomic E-state index is 6.02. The lowest BCUT2D eigenvalue weighted by molar-refractivity contribution is 1.10. The van der Waals surface area contributed by atoms with Crippen molar-refractivity contribution in [3.63, 3.8) is 0 Å². The highest BCUT2D eigenvalue weighted by Crippen LogP contribution is 2.32. The van der Waals surface area contributed by atoms with Crippen LogP contribution >= 0.6 is 61.5 Å². The summed E-state index contributed by atoms with van der Waals surface area (Å²) in [6.07, 6.45) is 0. The lowest BCUT2D eigenvalue weighted by atomic mass is 10.4. The Morgan fingerprint density at radius 2 is 2.20 bits per heavy atom. The Labute approximate surface area is 118 Å². The molecule has 0 aliphatic heterocycles. The van der Waals surface area contributed by atoms with Gasteiger partial charge in [0.1, 0.15) is 5.15 Å². The van der Waals surface area contributed by atoms with Gasteiger partial charge in [-0.05, 0) is 56.9 Å². The van der Waals surface area contributed by atoms with Crippen molar-refractivity contribution in [2.75, 3.05) is 0 Å². The monoisotopic (exact) mass is 414 g/mol. The van der Waals surface area contributed by atoms with E-state index in [4.69, 9.17) is 11.6 Å². The van der Waals surface area contributed by atoms with Crippen LogP contribution in [-0.4, -0.2) is 9.97 Å². The molecule has 0 spiro atoms. The van der Waals surface area contributed by atoms with Crippen LogP contribution in [0.15, 0.2) is 15.9 Å². The molecule has 6 heteroatoms. The molecule has 78 valence electrons. The fourth-order valence-electron chi connectivity index (χ4n) is 1.08. The lowest BCUT2D eigenvalue weighted by Gasteiger charge is -2.03. The molecular weight excluding hydrogens is 410 g/mol. The standard InChI is InChI=1S/C9H5BrClIN2S/c1-4-6(12)8(11)14-9(13-4)7-5(10)2-3-15-7/h2-3H,1H3. The van der Waals surface area contributed by atoms with Gasteiger partial charge in [0.15, 0.2) is 5.82 Å². The zero-order valence-electron chi connectivity index (χ0n) is 7.59. The minimum atomic E-state index is 0.512. The Morgan fingerprint density at radius 3 is 2.73 bits per heavy atom. The number of aromatic nitrogens is 2. The van der Waals surface area contributed by atoms with Gasteiger partial charge in [-0.2, -0.15) is 0 Å². The molecule has 0 fully saturated rings. The number of aryl methyl sites for hydroxylation is 1. The van der Waals surface area contributed by atoms with Crippen molar-refractivity contribution in [2.24, 2.45) is 0 Å². The average molecular weight is 415 g/mol. The summed E-state index contributed by atoms with van der Waals surface area (Å²) >= 11 is 13.2. The Morgan fingerprint density at radius 1 is 1.47 bits per heavy atom. The fraction of sp³-hybridized carbons (Fsp3) is 0.111. The first-order chi connectivity index (χ1) is 7.09. The molecule has 0 unspecified atom stereocenters. The van der Waals surface area contributed by atoms with Crippen LogP contribution in [0.1, 0.15) is 5.69 Å². The molecule has 0 aliphatic carbocycles. The molecule has 2 heterocycles. The van der Waals surface area contributed by atoms with Gasteiger partial charge in [0.2, 0.25) is 0 Å². The van der Waals surface area contributed by atoms with Gasteiger partial charge in [0.05, 0.1) is 14.1 Å². The maximum Gasteiger partial charge on any atom is 0.172 e. The molecule has 0 bridgehead atoms. The molecule has 0 saturated heterocycles. The van der Waals surface area contributed by atoms with E-state index in [1.54, 1.807) is 11.3 Å². The summed E-state index contributed by atoms with van der Waals surface area (Å²) in [4.78, 5) is 9.69. The van der Waals surface area contributed by atoms with Gasteiger partial charge in [-0.3, -0.25) is 0 Å². The maximum atomic E-state index is 6.02. The predicted octanol–water partition coefficient (Wildman–Crippen LogP) is 4.53. The summed E-state index contributed by atoms with van der Waals surface area (Å²) in [5.74, 6) is 0.680. The summed E-state index contributed by atoms with van der Waals surface area (Å²) in [5.41, 5.74) is 0.908. The zero-order valence-corrected chi connectivity index (χ0v) is 12.9. The minimum absolute atomic E-state index is 0.512. The molecule has 2 aromatic rings. The molecule has 0 atom stereocenters. The molecule has 2 aromatic heterocycles. The van der Waals surface area contributed by atoms with Crippen LogP contribution in [-0.2, 0) is 0 Å². The predicted molar refractivity (Wildman–Crippen MR) is 75.5 cm³/mol. The highest BCUT2D eigenvalue weighted by Gasteiger charge is 2.12. The molecule has 0 N–H and O–H groups in total. The van der Waals surface area contributed by atoms with Crippen molar-refractivity contribution in [1.82, 2.24) is 9.97 Å². The number of hydrogen-bond acceptors (Lipinski definition) is 3. The zero-order chi connectivity index (χ0) is 11.0. The second-order valence-corrected chi connectivity index (χ2v) is 6.04. The SMILES string of the molecule is Cc1nc(-c2sccc2Br)nc(Cl)c1I. The van der Waals surface area contributed by atoms with Crippen LogP contribution in [0.4, 0.5) is 0 Å². The number of thiophene rings is 1. The van der Waals surface area contributed by atoms with Crippen molar-refractivity contribution < 1.29 is 0 Å². The first kappa shape index (κ1) is 11.8. The van der Waals surface area contributed by atoms with Crippen LogP contribution in [0, 0.1) is 10.5 Å². The largest absolute Gasteiger partial charge is 0.231 e. The third-order valence-corrected chi connectivity index (χ3v) is 5.51. The summed E-state index contributed by atoms with van der Waals surface area (Å²) in [6, 6.07) is 1.98. The van der Waals surface area contributed by atoms with Crippen LogP contribution in [0.3, 0.4) is 0 Å². The molecule has 2 rings (SSSR count). The van der Waals surface area contributed by atoms with Gasteiger partial charge >= 0.3 is 0 Å². The van der Waals surface area contributed by atoms with Crippen LogP contribution in [0.25, 0.3) is 10.7 Å². The van der Waals surface area contributed by atoms with E-state index in [1.807, 2.05) is 18.4 Å². The van der Waals surface area contributed by atoms with Gasteiger partial charge in [-0.25, -0.2) is 9.97 Å². The van der Waals surface area contributed by atoms with Crippen LogP contribution < -0.4 is 0 Å². The van der Waals surface area contributed by atoms with Crippen molar-refractivity contribution in [2.45, 2.75) is 6.92 Å². The van der Waals surface area contributed by atoms with E-state index in [-0.39, 0.29) is 0 Å². The van der Waals surface area contributed by atoms with E-state index in [0.29, 0.717) is 11.0 Å². The van der Waals surface area contributed by atoms with E-state index < -0.39 is 0 Å². The van der Waals surface area contributed by atoms with Crippen molar-refractivity contribution in [3.8, 4) is 10.7 Å². The molecule has 0 amide bonds. The van der Waals surface area contributed by atoms with Crippen LogP contribution in [0.5, 0.6) is 0 Å². The average Bonchev–Trinajstić information content (AvgIpc) is 2.60. The summed E-state index contributed by atoms with van der Waals surface area (Å²) in [6.45, 7) is 1.93. The minimum Gasteiger partial charge on any atom is -0.231 e. The number of halogens is 3. The van der Waals surface area contributed by atoms with Gasteiger partial charge in [-0.1, -0.05) is 11.6 Å². The topological polar surface area (TPSA) is 25.8 Å². The second-order valence-electron chi connectivity index (χ2n) is 2.84. The van der Waals surface area contributed by atoms with Crippen molar-refractivity contribution >= 4 is 61.5 Å². The highest BCUT2D eigenvalue weighted by molar-refractivity contribution is 14.1. The third-order valence-electron chi connectivity index (χ3n) is 1.80.